The molecule has 1 saturated heterocycles. The molecule has 0 aliphatic carbocycles. The van der Waals surface area contributed by atoms with Crippen molar-refractivity contribution < 1.29 is 24.2 Å². The zero-order valence-electron chi connectivity index (χ0n) is 17.0. The molecule has 9 nitrogen and oxygen atoms in total. The molecule has 0 aromatic heterocycles. The molecule has 9 heteroatoms. The summed E-state index contributed by atoms with van der Waals surface area (Å²) in [4.78, 5) is 35.2. The molecule has 1 fully saturated rings. The van der Waals surface area contributed by atoms with E-state index in [-0.39, 0.29) is 18.2 Å². The zero-order valence-corrected chi connectivity index (χ0v) is 17.0. The number of benzene rings is 1. The van der Waals surface area contributed by atoms with Gasteiger partial charge in [0.05, 0.1) is 6.61 Å². The molecule has 1 unspecified atom stereocenters. The number of hydrogen-bond donors (Lipinski definition) is 3. The minimum atomic E-state index is -0.879. The van der Waals surface area contributed by atoms with Gasteiger partial charge >= 0.3 is 5.97 Å². The molecule has 0 spiro atoms. The Morgan fingerprint density at radius 2 is 1.86 bits per heavy atom. The van der Waals surface area contributed by atoms with Crippen molar-refractivity contribution in [2.75, 3.05) is 31.6 Å². The maximum absolute atomic E-state index is 13.0. The summed E-state index contributed by atoms with van der Waals surface area (Å²) < 4.78 is 5.51. The summed E-state index contributed by atoms with van der Waals surface area (Å²) in [7, 11) is 0. The molecule has 0 saturated carbocycles. The summed E-state index contributed by atoms with van der Waals surface area (Å²) in [5.74, 6) is -0.752. The number of nitrogens with one attached hydrogen (secondary N) is 2. The molecule has 1 aromatic carbocycles. The molecule has 1 atom stereocenters. The van der Waals surface area contributed by atoms with E-state index >= 15 is 0 Å². The van der Waals surface area contributed by atoms with Crippen LogP contribution >= 0.6 is 0 Å². The lowest BCUT2D eigenvalue weighted by Gasteiger charge is -2.34. The first kappa shape index (κ1) is 22.5. The van der Waals surface area contributed by atoms with Crippen molar-refractivity contribution in [1.29, 1.82) is 0 Å². The van der Waals surface area contributed by atoms with Crippen molar-refractivity contribution in [3.8, 4) is 5.75 Å². The van der Waals surface area contributed by atoms with Crippen LogP contribution in [0.15, 0.2) is 24.3 Å². The van der Waals surface area contributed by atoms with Crippen LogP contribution in [0.5, 0.6) is 5.75 Å². The van der Waals surface area contributed by atoms with E-state index in [1.165, 1.54) is 6.92 Å². The van der Waals surface area contributed by atoms with Crippen molar-refractivity contribution in [2.45, 2.75) is 45.7 Å². The lowest BCUT2D eigenvalue weighted by atomic mass is 10.2. The maximum atomic E-state index is 13.0. The van der Waals surface area contributed by atoms with Crippen LogP contribution in [-0.4, -0.2) is 65.3 Å². The van der Waals surface area contributed by atoms with E-state index in [4.69, 9.17) is 9.84 Å². The van der Waals surface area contributed by atoms with Crippen LogP contribution in [0, 0.1) is 0 Å². The Morgan fingerprint density at radius 3 is 2.41 bits per heavy atom. The van der Waals surface area contributed by atoms with Gasteiger partial charge in [-0.1, -0.05) is 0 Å². The number of hydrazine groups is 1. The minimum Gasteiger partial charge on any atom is -0.494 e. The van der Waals surface area contributed by atoms with Crippen LogP contribution in [-0.2, 0) is 14.4 Å². The Morgan fingerprint density at radius 1 is 1.21 bits per heavy atom. The zero-order chi connectivity index (χ0) is 21.2. The molecule has 1 aliphatic heterocycles. The SMILES string of the molecule is CCN(C(=O)C(NC(C)=O)Nc1ccc(OCCCC(=O)O)cc1)N1CCCC1. The van der Waals surface area contributed by atoms with Gasteiger partial charge in [0, 0.05) is 38.7 Å². The largest absolute Gasteiger partial charge is 0.494 e. The van der Waals surface area contributed by atoms with Crippen LogP contribution in [0.25, 0.3) is 0 Å². The van der Waals surface area contributed by atoms with Gasteiger partial charge in [0.2, 0.25) is 5.91 Å². The van der Waals surface area contributed by atoms with Crippen LogP contribution in [0.1, 0.15) is 39.5 Å². The van der Waals surface area contributed by atoms with Gasteiger partial charge in [-0.15, -0.1) is 0 Å². The molecule has 1 heterocycles. The van der Waals surface area contributed by atoms with E-state index in [2.05, 4.69) is 10.6 Å². The smallest absolute Gasteiger partial charge is 0.303 e. The average molecular weight is 406 g/mol. The third kappa shape index (κ3) is 7.26. The fraction of sp³-hybridized carbons (Fsp3) is 0.550. The number of ether oxygens (including phenoxy) is 1. The average Bonchev–Trinajstić information content (AvgIpc) is 3.20. The molecular weight excluding hydrogens is 376 g/mol. The summed E-state index contributed by atoms with van der Waals surface area (Å²) in [6.07, 6.45) is 1.71. The Labute approximate surface area is 171 Å². The Kier molecular flexibility index (Phi) is 8.72. The number of carbonyl (C=O) groups is 3. The van der Waals surface area contributed by atoms with Crippen molar-refractivity contribution >= 4 is 23.5 Å². The van der Waals surface area contributed by atoms with Gasteiger partial charge in [-0.05, 0) is 50.5 Å². The number of hydrogen-bond acceptors (Lipinski definition) is 6. The van der Waals surface area contributed by atoms with Crippen LogP contribution in [0.4, 0.5) is 5.69 Å². The van der Waals surface area contributed by atoms with Crippen molar-refractivity contribution in [2.24, 2.45) is 0 Å². The Hall–Kier alpha value is -2.81. The number of anilines is 1. The third-order valence-corrected chi connectivity index (χ3v) is 4.54. The molecule has 0 radical (unpaired) electrons. The monoisotopic (exact) mass is 406 g/mol. The summed E-state index contributed by atoms with van der Waals surface area (Å²) in [5, 5.41) is 18.1. The molecule has 3 N–H and O–H groups in total. The molecular formula is C20H30N4O5. The fourth-order valence-electron chi connectivity index (χ4n) is 3.18. The number of amides is 2. The number of carboxylic acids is 1. The van der Waals surface area contributed by atoms with Gasteiger partial charge in [0.1, 0.15) is 5.75 Å². The van der Waals surface area contributed by atoms with E-state index in [9.17, 15) is 14.4 Å². The summed E-state index contributed by atoms with van der Waals surface area (Å²) >= 11 is 0. The number of carbonyl (C=O) groups excluding carboxylic acids is 2. The van der Waals surface area contributed by atoms with Crippen LogP contribution < -0.4 is 15.4 Å². The maximum Gasteiger partial charge on any atom is 0.303 e. The first-order valence-electron chi connectivity index (χ1n) is 9.95. The predicted molar refractivity (Wildman–Crippen MR) is 108 cm³/mol. The molecule has 29 heavy (non-hydrogen) atoms. The lowest BCUT2D eigenvalue weighted by molar-refractivity contribution is -0.149. The fourth-order valence-corrected chi connectivity index (χ4v) is 3.18. The standard InChI is InChI=1S/C20H30N4O5/c1-3-24(23-12-4-5-13-23)20(28)19(21-15(2)25)22-16-8-10-17(11-9-16)29-14-6-7-18(26)27/h8-11,19,22H,3-7,12-14H2,1-2H3,(H,21,25)(H,26,27). The molecule has 0 bridgehead atoms. The second-order valence-electron chi connectivity index (χ2n) is 6.86. The van der Waals surface area contributed by atoms with E-state index in [0.29, 0.717) is 31.0 Å². The Balaban J connectivity index is 1.98. The lowest BCUT2D eigenvalue weighted by Crippen LogP contribution is -2.56. The molecule has 1 aliphatic rings. The first-order valence-corrected chi connectivity index (χ1v) is 9.95. The number of likely N-dealkylation sites (N-methyl/N-ethyl adjacent to an activating group) is 1. The van der Waals surface area contributed by atoms with E-state index in [1.54, 1.807) is 29.3 Å². The quantitative estimate of drug-likeness (QED) is 0.379. The highest BCUT2D eigenvalue weighted by molar-refractivity contribution is 5.88. The minimum absolute atomic E-state index is 0.0606. The second-order valence-corrected chi connectivity index (χ2v) is 6.86. The van der Waals surface area contributed by atoms with Crippen molar-refractivity contribution in [1.82, 2.24) is 15.3 Å². The van der Waals surface area contributed by atoms with E-state index in [1.807, 2.05) is 11.9 Å². The summed E-state index contributed by atoms with van der Waals surface area (Å²) in [6.45, 7) is 5.80. The van der Waals surface area contributed by atoms with Gasteiger partial charge in [0.25, 0.3) is 5.91 Å². The van der Waals surface area contributed by atoms with Gasteiger partial charge in [0.15, 0.2) is 6.17 Å². The van der Waals surface area contributed by atoms with Gasteiger partial charge in [-0.2, -0.15) is 0 Å². The van der Waals surface area contributed by atoms with Crippen LogP contribution in [0.3, 0.4) is 0 Å². The Bertz CT molecular complexity index is 689. The van der Waals surface area contributed by atoms with E-state index in [0.717, 1.165) is 25.9 Å². The molecule has 160 valence electrons. The molecule has 2 rings (SSSR count). The van der Waals surface area contributed by atoms with Crippen LogP contribution in [0.2, 0.25) is 0 Å². The highest BCUT2D eigenvalue weighted by Crippen LogP contribution is 2.18. The van der Waals surface area contributed by atoms with Gasteiger partial charge in [-0.3, -0.25) is 19.4 Å². The first-order chi connectivity index (χ1) is 13.9. The highest BCUT2D eigenvalue weighted by atomic mass is 16.5. The number of rotatable bonds is 11. The van der Waals surface area contributed by atoms with Gasteiger partial charge < -0.3 is 20.5 Å². The number of nitrogens with zero attached hydrogens (tertiary/aromatic N) is 2. The number of aliphatic carboxylic acids is 1. The summed E-state index contributed by atoms with van der Waals surface area (Å²) in [6, 6.07) is 6.97. The topological polar surface area (TPSA) is 111 Å². The molecule has 1 aromatic rings. The second kappa shape index (κ2) is 11.3. The summed E-state index contributed by atoms with van der Waals surface area (Å²) in [5.41, 5.74) is 0.660. The third-order valence-electron chi connectivity index (χ3n) is 4.54. The predicted octanol–water partition coefficient (Wildman–Crippen LogP) is 1.66. The number of carboxylic acid groups (broad SMARTS) is 1. The van der Waals surface area contributed by atoms with E-state index < -0.39 is 12.1 Å². The van der Waals surface area contributed by atoms with Gasteiger partial charge in [-0.25, -0.2) is 5.01 Å². The van der Waals surface area contributed by atoms with Crippen molar-refractivity contribution in [3.05, 3.63) is 24.3 Å². The molecule has 2 amide bonds. The van der Waals surface area contributed by atoms with Crippen molar-refractivity contribution in [3.63, 3.8) is 0 Å². The normalized spacial score (nSPS) is 14.8. The highest BCUT2D eigenvalue weighted by Gasteiger charge is 2.29.